The molecule has 1 fully saturated rings. The molecule has 5 heteroatoms. The molecule has 0 spiro atoms. The highest BCUT2D eigenvalue weighted by Gasteiger charge is 2.19. The fraction of sp³-hybridized carbons (Fsp3) is 0.214. The van der Waals surface area contributed by atoms with Crippen molar-refractivity contribution in [3.8, 4) is 11.5 Å². The maximum absolute atomic E-state index is 10.1. The Kier molecular flexibility index (Phi) is 5.94. The van der Waals surface area contributed by atoms with Crippen LogP contribution in [0.25, 0.3) is 11.0 Å². The molecule has 1 saturated carbocycles. The molecule has 33 heavy (non-hydrogen) atoms. The Bertz CT molecular complexity index is 1330. The van der Waals surface area contributed by atoms with Gasteiger partial charge in [0.05, 0.1) is 0 Å². The molecule has 0 saturated heterocycles. The van der Waals surface area contributed by atoms with Crippen LogP contribution in [0.15, 0.2) is 81.1 Å². The summed E-state index contributed by atoms with van der Waals surface area (Å²) in [5, 5.41) is 21.1. The van der Waals surface area contributed by atoms with E-state index in [-0.39, 0.29) is 11.5 Å². The van der Waals surface area contributed by atoms with Gasteiger partial charge in [0, 0.05) is 28.9 Å². The minimum absolute atomic E-state index is 0.149. The minimum atomic E-state index is 0.149. The number of hydrogen-bond acceptors (Lipinski definition) is 5. The molecular weight excluding hydrogens is 412 g/mol. The van der Waals surface area contributed by atoms with Gasteiger partial charge in [-0.25, -0.2) is 9.98 Å². The van der Waals surface area contributed by atoms with Gasteiger partial charge in [-0.15, -0.1) is 0 Å². The van der Waals surface area contributed by atoms with Crippen LogP contribution in [0.5, 0.6) is 11.5 Å². The van der Waals surface area contributed by atoms with Gasteiger partial charge in [-0.3, -0.25) is 0 Å². The number of phenolic OH excluding ortho intramolecular Hbond substituents is 2. The first-order valence-electron chi connectivity index (χ1n) is 11.4. The molecule has 3 aromatic carbocycles. The fourth-order valence-electron chi connectivity index (χ4n) is 4.45. The number of aliphatic imine (C=N–C) groups is 2. The quantitative estimate of drug-likeness (QED) is 0.319. The van der Waals surface area contributed by atoms with Gasteiger partial charge in [-0.05, 0) is 60.7 Å². The van der Waals surface area contributed by atoms with Crippen LogP contribution in [0.1, 0.15) is 54.7 Å². The Morgan fingerprint density at radius 3 is 2.06 bits per heavy atom. The predicted molar refractivity (Wildman–Crippen MR) is 133 cm³/mol. The number of benzene rings is 3. The molecule has 1 aliphatic rings. The lowest BCUT2D eigenvalue weighted by Crippen LogP contribution is -2.03. The maximum Gasteiger partial charge on any atom is 0.246 e. The molecule has 0 aliphatic heterocycles. The van der Waals surface area contributed by atoms with Crippen molar-refractivity contribution in [3.05, 3.63) is 83.4 Å². The average molecular weight is 439 g/mol. The van der Waals surface area contributed by atoms with Crippen molar-refractivity contribution < 1.29 is 14.6 Å². The van der Waals surface area contributed by atoms with E-state index in [2.05, 4.69) is 17.1 Å². The smallest absolute Gasteiger partial charge is 0.246 e. The van der Waals surface area contributed by atoms with Crippen molar-refractivity contribution in [1.29, 1.82) is 0 Å². The highest BCUT2D eigenvalue weighted by Crippen LogP contribution is 2.42. The Labute approximate surface area is 192 Å². The zero-order chi connectivity index (χ0) is 22.6. The summed E-state index contributed by atoms with van der Waals surface area (Å²) in [4.78, 5) is 9.21. The summed E-state index contributed by atoms with van der Waals surface area (Å²) in [5.74, 6) is 1.23. The third-order valence-corrected chi connectivity index (χ3v) is 6.27. The molecule has 0 amide bonds. The van der Waals surface area contributed by atoms with E-state index in [1.165, 1.54) is 37.7 Å². The molecule has 1 aliphatic carbocycles. The average Bonchev–Trinajstić information content (AvgIpc) is 3.20. The van der Waals surface area contributed by atoms with Crippen molar-refractivity contribution in [2.45, 2.75) is 38.0 Å². The van der Waals surface area contributed by atoms with Crippen LogP contribution in [0.3, 0.4) is 0 Å². The summed E-state index contributed by atoms with van der Waals surface area (Å²) in [6.07, 6.45) is 9.47. The van der Waals surface area contributed by atoms with Crippen LogP contribution in [0.4, 0.5) is 11.6 Å². The van der Waals surface area contributed by atoms with E-state index in [0.29, 0.717) is 34.2 Å². The molecule has 5 nitrogen and oxygen atoms in total. The molecule has 0 unspecified atom stereocenters. The van der Waals surface area contributed by atoms with E-state index in [9.17, 15) is 10.2 Å². The van der Waals surface area contributed by atoms with Crippen LogP contribution in [-0.4, -0.2) is 22.6 Å². The maximum atomic E-state index is 10.1. The Morgan fingerprint density at radius 2 is 1.39 bits per heavy atom. The highest BCUT2D eigenvalue weighted by molar-refractivity contribution is 5.99. The van der Waals surface area contributed by atoms with Crippen molar-refractivity contribution >= 4 is 35.0 Å². The first-order chi connectivity index (χ1) is 16.2. The van der Waals surface area contributed by atoms with Crippen LogP contribution < -0.4 is 0 Å². The third-order valence-electron chi connectivity index (χ3n) is 6.27. The van der Waals surface area contributed by atoms with Gasteiger partial charge in [0.15, 0.2) is 0 Å². The summed E-state index contributed by atoms with van der Waals surface area (Å²) >= 11 is 0. The van der Waals surface area contributed by atoms with Gasteiger partial charge in [0.25, 0.3) is 0 Å². The standard InChI is InChI=1S/C28H26N2O3/c31-24-12-6-4-10-21(24)17-29-27-23-16-20(19-8-2-1-3-9-19)14-15-26(23)33-28(27)30-18-22-11-5-7-13-25(22)32/h4-7,10-19,31-32H,1-3,8-9H2. The number of furan rings is 1. The molecule has 166 valence electrons. The normalized spacial score (nSPS) is 15.2. The van der Waals surface area contributed by atoms with E-state index in [4.69, 9.17) is 9.41 Å². The second-order valence-electron chi connectivity index (χ2n) is 8.48. The molecule has 4 aromatic rings. The SMILES string of the molecule is Oc1ccccc1C=Nc1oc2ccc(C3CCCCC3)cc2c1N=Cc1ccccc1O. The fourth-order valence-corrected chi connectivity index (χ4v) is 4.45. The number of aromatic hydroxyl groups is 2. The third kappa shape index (κ3) is 4.53. The van der Waals surface area contributed by atoms with Crippen molar-refractivity contribution in [2.75, 3.05) is 0 Å². The lowest BCUT2D eigenvalue weighted by molar-refractivity contribution is 0.444. The number of rotatable bonds is 5. The number of hydrogen-bond donors (Lipinski definition) is 2. The van der Waals surface area contributed by atoms with Crippen LogP contribution in [0, 0.1) is 0 Å². The van der Waals surface area contributed by atoms with E-state index in [1.807, 2.05) is 18.2 Å². The summed E-state index contributed by atoms with van der Waals surface area (Å²) in [6, 6.07) is 20.4. The first-order valence-corrected chi connectivity index (χ1v) is 11.4. The monoisotopic (exact) mass is 438 g/mol. The molecule has 0 bridgehead atoms. The molecule has 0 radical (unpaired) electrons. The number of phenols is 2. The summed E-state index contributed by atoms with van der Waals surface area (Å²) in [5.41, 5.74) is 3.83. The van der Waals surface area contributed by atoms with Gasteiger partial charge in [-0.1, -0.05) is 49.6 Å². The molecular formula is C28H26N2O3. The summed E-state index contributed by atoms with van der Waals surface area (Å²) in [6.45, 7) is 0. The second kappa shape index (κ2) is 9.33. The van der Waals surface area contributed by atoms with Gasteiger partial charge < -0.3 is 14.6 Å². The topological polar surface area (TPSA) is 78.3 Å². The highest BCUT2D eigenvalue weighted by atomic mass is 16.3. The van der Waals surface area contributed by atoms with Gasteiger partial charge in [-0.2, -0.15) is 0 Å². The van der Waals surface area contributed by atoms with Crippen LogP contribution in [-0.2, 0) is 0 Å². The zero-order valence-electron chi connectivity index (χ0n) is 18.3. The number of fused-ring (bicyclic) bond motifs is 1. The number of para-hydroxylation sites is 2. The predicted octanol–water partition coefficient (Wildman–Crippen LogP) is 7.39. The second-order valence-corrected chi connectivity index (χ2v) is 8.48. The van der Waals surface area contributed by atoms with Crippen molar-refractivity contribution in [3.63, 3.8) is 0 Å². The number of nitrogens with zero attached hydrogens (tertiary/aromatic N) is 2. The zero-order valence-corrected chi connectivity index (χ0v) is 18.3. The van der Waals surface area contributed by atoms with Crippen molar-refractivity contribution in [1.82, 2.24) is 0 Å². The Balaban J connectivity index is 1.59. The van der Waals surface area contributed by atoms with E-state index in [1.54, 1.807) is 48.8 Å². The summed E-state index contributed by atoms with van der Waals surface area (Å²) < 4.78 is 6.07. The molecule has 1 aromatic heterocycles. The molecule has 2 N–H and O–H groups in total. The largest absolute Gasteiger partial charge is 0.507 e. The van der Waals surface area contributed by atoms with Gasteiger partial charge >= 0.3 is 0 Å². The lowest BCUT2D eigenvalue weighted by Gasteiger charge is -2.21. The van der Waals surface area contributed by atoms with E-state index >= 15 is 0 Å². The Morgan fingerprint density at radius 1 is 0.758 bits per heavy atom. The Hall–Kier alpha value is -3.86. The van der Waals surface area contributed by atoms with E-state index < -0.39 is 0 Å². The van der Waals surface area contributed by atoms with Gasteiger partial charge in [0.2, 0.25) is 5.88 Å². The lowest BCUT2D eigenvalue weighted by atomic mass is 9.84. The van der Waals surface area contributed by atoms with Crippen molar-refractivity contribution in [2.24, 2.45) is 9.98 Å². The van der Waals surface area contributed by atoms with Gasteiger partial charge in [0.1, 0.15) is 22.8 Å². The molecule has 1 heterocycles. The molecule has 5 rings (SSSR count). The minimum Gasteiger partial charge on any atom is -0.507 e. The van der Waals surface area contributed by atoms with Crippen LogP contribution in [0.2, 0.25) is 0 Å². The van der Waals surface area contributed by atoms with E-state index in [0.717, 1.165) is 5.39 Å². The molecule has 0 atom stereocenters. The first kappa shape index (κ1) is 21.0. The van der Waals surface area contributed by atoms with Crippen LogP contribution >= 0.6 is 0 Å². The summed E-state index contributed by atoms with van der Waals surface area (Å²) in [7, 11) is 0.